The van der Waals surface area contributed by atoms with E-state index in [1.807, 2.05) is 0 Å². The van der Waals surface area contributed by atoms with E-state index in [4.69, 9.17) is 0 Å². The van der Waals surface area contributed by atoms with Gasteiger partial charge in [0.1, 0.15) is 0 Å². The standard InChI is InChI=1S/C11H19N/c1-10-4-6-11(7-5-10)12-8-2-3-9-12/h11H,1-9H2. The molecule has 1 saturated carbocycles. The van der Waals surface area contributed by atoms with E-state index in [-0.39, 0.29) is 0 Å². The maximum Gasteiger partial charge on any atom is 0.0101 e. The lowest BCUT2D eigenvalue weighted by Crippen LogP contribution is -2.34. The first kappa shape index (κ1) is 8.31. The van der Waals surface area contributed by atoms with Gasteiger partial charge < -0.3 is 4.90 Å². The zero-order chi connectivity index (χ0) is 8.39. The Morgan fingerprint density at radius 1 is 1.08 bits per heavy atom. The Kier molecular flexibility index (Phi) is 2.50. The van der Waals surface area contributed by atoms with Crippen molar-refractivity contribution in [1.29, 1.82) is 0 Å². The molecule has 1 aliphatic heterocycles. The van der Waals surface area contributed by atoms with Crippen molar-refractivity contribution in [1.82, 2.24) is 4.90 Å². The molecular formula is C11H19N. The third kappa shape index (κ3) is 1.71. The van der Waals surface area contributed by atoms with Gasteiger partial charge in [-0.05, 0) is 51.6 Å². The topological polar surface area (TPSA) is 3.24 Å². The highest BCUT2D eigenvalue weighted by atomic mass is 15.2. The molecule has 1 heteroatoms. The third-order valence-electron chi connectivity index (χ3n) is 3.32. The number of allylic oxidation sites excluding steroid dienone is 1. The predicted octanol–water partition coefficient (Wildman–Crippen LogP) is 2.58. The van der Waals surface area contributed by atoms with E-state index in [1.54, 1.807) is 0 Å². The van der Waals surface area contributed by atoms with E-state index in [9.17, 15) is 0 Å². The van der Waals surface area contributed by atoms with Gasteiger partial charge in [-0.25, -0.2) is 0 Å². The van der Waals surface area contributed by atoms with Crippen LogP contribution in [0.5, 0.6) is 0 Å². The highest BCUT2D eigenvalue weighted by molar-refractivity contribution is 5.00. The van der Waals surface area contributed by atoms with Gasteiger partial charge in [-0.3, -0.25) is 0 Å². The van der Waals surface area contributed by atoms with Crippen LogP contribution in [0.1, 0.15) is 38.5 Å². The molecule has 68 valence electrons. The third-order valence-corrected chi connectivity index (χ3v) is 3.32. The number of nitrogens with zero attached hydrogens (tertiary/aromatic N) is 1. The van der Waals surface area contributed by atoms with Crippen molar-refractivity contribution in [2.75, 3.05) is 13.1 Å². The quantitative estimate of drug-likeness (QED) is 0.540. The van der Waals surface area contributed by atoms with Crippen LogP contribution in [0, 0.1) is 0 Å². The summed E-state index contributed by atoms with van der Waals surface area (Å²) in [4.78, 5) is 2.69. The molecule has 0 spiro atoms. The van der Waals surface area contributed by atoms with Gasteiger partial charge in [-0.2, -0.15) is 0 Å². The Hall–Kier alpha value is -0.300. The minimum atomic E-state index is 0.901. The Morgan fingerprint density at radius 2 is 1.67 bits per heavy atom. The Morgan fingerprint density at radius 3 is 2.25 bits per heavy atom. The van der Waals surface area contributed by atoms with Gasteiger partial charge in [-0.1, -0.05) is 12.2 Å². The number of hydrogen-bond acceptors (Lipinski definition) is 1. The Labute approximate surface area is 75.4 Å². The maximum absolute atomic E-state index is 4.06. The first-order valence-corrected chi connectivity index (χ1v) is 5.27. The number of likely N-dealkylation sites (tertiary alicyclic amines) is 1. The van der Waals surface area contributed by atoms with Gasteiger partial charge in [0.15, 0.2) is 0 Å². The number of rotatable bonds is 1. The largest absolute Gasteiger partial charge is 0.300 e. The predicted molar refractivity (Wildman–Crippen MR) is 52.2 cm³/mol. The van der Waals surface area contributed by atoms with Gasteiger partial charge in [0.2, 0.25) is 0 Å². The van der Waals surface area contributed by atoms with Crippen LogP contribution in [0.2, 0.25) is 0 Å². The highest BCUT2D eigenvalue weighted by Crippen LogP contribution is 2.27. The molecular weight excluding hydrogens is 146 g/mol. The first-order valence-electron chi connectivity index (χ1n) is 5.27. The lowest BCUT2D eigenvalue weighted by atomic mass is 9.91. The summed E-state index contributed by atoms with van der Waals surface area (Å²) in [5, 5.41) is 0. The molecule has 0 aromatic carbocycles. The van der Waals surface area contributed by atoms with Crippen molar-refractivity contribution in [3.8, 4) is 0 Å². The van der Waals surface area contributed by atoms with E-state index < -0.39 is 0 Å². The monoisotopic (exact) mass is 165 g/mol. The van der Waals surface area contributed by atoms with E-state index in [0.717, 1.165) is 6.04 Å². The summed E-state index contributed by atoms with van der Waals surface area (Å²) in [6, 6.07) is 0.901. The molecule has 0 unspecified atom stereocenters. The Bertz CT molecular complexity index is 158. The van der Waals surface area contributed by atoms with E-state index in [2.05, 4.69) is 11.5 Å². The summed E-state index contributed by atoms with van der Waals surface area (Å²) < 4.78 is 0. The fourth-order valence-electron chi connectivity index (χ4n) is 2.48. The normalized spacial score (nSPS) is 28.2. The van der Waals surface area contributed by atoms with Gasteiger partial charge >= 0.3 is 0 Å². The van der Waals surface area contributed by atoms with Crippen molar-refractivity contribution >= 4 is 0 Å². The molecule has 0 atom stereocenters. The van der Waals surface area contributed by atoms with Crippen LogP contribution in [0.25, 0.3) is 0 Å². The average Bonchev–Trinajstić information content (AvgIpc) is 2.58. The minimum absolute atomic E-state index is 0.901. The fraction of sp³-hybridized carbons (Fsp3) is 0.818. The van der Waals surface area contributed by atoms with Crippen LogP contribution in [-0.4, -0.2) is 24.0 Å². The molecule has 2 rings (SSSR count). The first-order chi connectivity index (χ1) is 5.86. The SMILES string of the molecule is C=C1CCC(N2CCCC2)CC1. The number of hydrogen-bond donors (Lipinski definition) is 0. The molecule has 2 fully saturated rings. The molecule has 1 aliphatic carbocycles. The summed E-state index contributed by atoms with van der Waals surface area (Å²) in [6.07, 6.45) is 8.16. The molecule has 12 heavy (non-hydrogen) atoms. The van der Waals surface area contributed by atoms with Gasteiger partial charge in [0.25, 0.3) is 0 Å². The van der Waals surface area contributed by atoms with Crippen LogP contribution in [0.3, 0.4) is 0 Å². The van der Waals surface area contributed by atoms with Crippen LogP contribution in [0.4, 0.5) is 0 Å². The molecule has 0 N–H and O–H groups in total. The second kappa shape index (κ2) is 3.61. The average molecular weight is 165 g/mol. The van der Waals surface area contributed by atoms with Crippen LogP contribution >= 0.6 is 0 Å². The second-order valence-electron chi connectivity index (χ2n) is 4.22. The molecule has 0 amide bonds. The lowest BCUT2D eigenvalue weighted by molar-refractivity contribution is 0.207. The van der Waals surface area contributed by atoms with Crippen molar-refractivity contribution in [2.24, 2.45) is 0 Å². The molecule has 1 heterocycles. The summed E-state index contributed by atoms with van der Waals surface area (Å²) >= 11 is 0. The van der Waals surface area contributed by atoms with Crippen LogP contribution < -0.4 is 0 Å². The lowest BCUT2D eigenvalue weighted by Gasteiger charge is -2.31. The summed E-state index contributed by atoms with van der Waals surface area (Å²) in [5.41, 5.74) is 1.48. The van der Waals surface area contributed by atoms with Gasteiger partial charge in [-0.15, -0.1) is 0 Å². The second-order valence-corrected chi connectivity index (χ2v) is 4.22. The minimum Gasteiger partial charge on any atom is -0.300 e. The van der Waals surface area contributed by atoms with Crippen molar-refractivity contribution in [2.45, 2.75) is 44.6 Å². The molecule has 0 bridgehead atoms. The van der Waals surface area contributed by atoms with E-state index in [0.29, 0.717) is 0 Å². The van der Waals surface area contributed by atoms with Gasteiger partial charge in [0, 0.05) is 6.04 Å². The molecule has 0 radical (unpaired) electrons. The van der Waals surface area contributed by atoms with E-state index >= 15 is 0 Å². The smallest absolute Gasteiger partial charge is 0.0101 e. The van der Waals surface area contributed by atoms with Crippen molar-refractivity contribution in [3.05, 3.63) is 12.2 Å². The summed E-state index contributed by atoms with van der Waals surface area (Å²) in [5.74, 6) is 0. The maximum atomic E-state index is 4.06. The molecule has 0 aromatic heterocycles. The molecule has 1 saturated heterocycles. The molecule has 0 aromatic rings. The van der Waals surface area contributed by atoms with Gasteiger partial charge in [0.05, 0.1) is 0 Å². The van der Waals surface area contributed by atoms with Crippen molar-refractivity contribution in [3.63, 3.8) is 0 Å². The van der Waals surface area contributed by atoms with E-state index in [1.165, 1.54) is 57.2 Å². The summed E-state index contributed by atoms with van der Waals surface area (Å²) in [6.45, 7) is 6.77. The summed E-state index contributed by atoms with van der Waals surface area (Å²) in [7, 11) is 0. The fourth-order valence-corrected chi connectivity index (χ4v) is 2.48. The van der Waals surface area contributed by atoms with Crippen molar-refractivity contribution < 1.29 is 0 Å². The molecule has 2 aliphatic rings. The zero-order valence-electron chi connectivity index (χ0n) is 7.89. The zero-order valence-corrected chi connectivity index (χ0v) is 7.89. The Balaban J connectivity index is 1.84. The van der Waals surface area contributed by atoms with Crippen LogP contribution in [-0.2, 0) is 0 Å². The highest BCUT2D eigenvalue weighted by Gasteiger charge is 2.24. The molecule has 1 nitrogen and oxygen atoms in total. The van der Waals surface area contributed by atoms with Crippen LogP contribution in [0.15, 0.2) is 12.2 Å².